The quantitative estimate of drug-likeness (QED) is 0.663. The lowest BCUT2D eigenvalue weighted by atomic mass is 10.2. The van der Waals surface area contributed by atoms with Gasteiger partial charge in [-0.2, -0.15) is 0 Å². The second-order valence-corrected chi connectivity index (χ2v) is 6.23. The molecule has 1 heterocycles. The summed E-state index contributed by atoms with van der Waals surface area (Å²) in [6.07, 6.45) is 1.48. The summed E-state index contributed by atoms with van der Waals surface area (Å²) >= 11 is 0. The summed E-state index contributed by atoms with van der Waals surface area (Å²) in [4.78, 5) is 16.1. The molecule has 0 radical (unpaired) electrons. The number of pyridine rings is 1. The van der Waals surface area contributed by atoms with Gasteiger partial charge in [0, 0.05) is 25.0 Å². The molecule has 1 amide bonds. The van der Waals surface area contributed by atoms with Crippen LogP contribution in [0, 0.1) is 6.92 Å². The van der Waals surface area contributed by atoms with E-state index in [1.807, 2.05) is 13.8 Å². The standard InChI is InChI=1S/C12H20N4O3S/c1-4-14-11-7-9(2)16-8-10(11)12(17)15-5-6-20(18,19)13-3/h7-8,13H,4-6H2,1-3H3,(H,14,16)(H,15,17). The molecule has 20 heavy (non-hydrogen) atoms. The van der Waals surface area contributed by atoms with Crippen molar-refractivity contribution >= 4 is 21.6 Å². The Labute approximate surface area is 119 Å². The number of rotatable bonds is 7. The van der Waals surface area contributed by atoms with E-state index < -0.39 is 10.0 Å². The van der Waals surface area contributed by atoms with Crippen LogP contribution in [0.4, 0.5) is 5.69 Å². The SMILES string of the molecule is CCNc1cc(C)ncc1C(=O)NCCS(=O)(=O)NC. The highest BCUT2D eigenvalue weighted by atomic mass is 32.2. The summed E-state index contributed by atoms with van der Waals surface area (Å²) in [6, 6.07) is 1.78. The van der Waals surface area contributed by atoms with E-state index in [2.05, 4.69) is 20.3 Å². The number of nitrogens with one attached hydrogen (secondary N) is 3. The number of amides is 1. The van der Waals surface area contributed by atoms with Crippen molar-refractivity contribution in [2.24, 2.45) is 0 Å². The molecule has 0 spiro atoms. The molecule has 112 valence electrons. The Morgan fingerprint density at radius 2 is 2.10 bits per heavy atom. The molecule has 0 saturated carbocycles. The van der Waals surface area contributed by atoms with Crippen molar-refractivity contribution in [2.45, 2.75) is 13.8 Å². The monoisotopic (exact) mass is 300 g/mol. The van der Waals surface area contributed by atoms with Gasteiger partial charge in [-0.3, -0.25) is 9.78 Å². The van der Waals surface area contributed by atoms with Crippen molar-refractivity contribution < 1.29 is 13.2 Å². The number of carbonyl (C=O) groups excluding carboxylic acids is 1. The third-order valence-corrected chi connectivity index (χ3v) is 3.98. The predicted octanol–water partition coefficient (Wildman–Crippen LogP) is 0.101. The number of aromatic nitrogens is 1. The molecule has 1 rings (SSSR count). The average molecular weight is 300 g/mol. The van der Waals surface area contributed by atoms with Crippen LogP contribution >= 0.6 is 0 Å². The minimum Gasteiger partial charge on any atom is -0.385 e. The van der Waals surface area contributed by atoms with E-state index in [1.165, 1.54) is 13.2 Å². The molecule has 0 fully saturated rings. The minimum absolute atomic E-state index is 0.0431. The zero-order valence-electron chi connectivity index (χ0n) is 11.9. The van der Waals surface area contributed by atoms with E-state index in [-0.39, 0.29) is 18.2 Å². The molecule has 0 bridgehead atoms. The van der Waals surface area contributed by atoms with Crippen LogP contribution in [0.5, 0.6) is 0 Å². The number of hydrogen-bond donors (Lipinski definition) is 3. The molecular formula is C12H20N4O3S. The summed E-state index contributed by atoms with van der Waals surface area (Å²) < 4.78 is 24.7. The van der Waals surface area contributed by atoms with Crippen LogP contribution < -0.4 is 15.4 Å². The van der Waals surface area contributed by atoms with Crippen molar-refractivity contribution in [3.05, 3.63) is 23.5 Å². The minimum atomic E-state index is -3.32. The van der Waals surface area contributed by atoms with E-state index in [4.69, 9.17) is 0 Å². The van der Waals surface area contributed by atoms with Crippen molar-refractivity contribution in [1.82, 2.24) is 15.0 Å². The molecule has 7 nitrogen and oxygen atoms in total. The van der Waals surface area contributed by atoms with Crippen molar-refractivity contribution in [2.75, 3.05) is 31.2 Å². The van der Waals surface area contributed by atoms with Gasteiger partial charge in [0.1, 0.15) is 0 Å². The van der Waals surface area contributed by atoms with Gasteiger partial charge in [-0.25, -0.2) is 13.1 Å². The van der Waals surface area contributed by atoms with Crippen LogP contribution in [-0.2, 0) is 10.0 Å². The highest BCUT2D eigenvalue weighted by molar-refractivity contribution is 7.89. The Kier molecular flexibility index (Phi) is 5.90. The molecule has 0 saturated heterocycles. The van der Waals surface area contributed by atoms with E-state index in [0.717, 1.165) is 5.69 Å². The number of aryl methyl sites for hydroxylation is 1. The predicted molar refractivity (Wildman–Crippen MR) is 78.3 cm³/mol. The van der Waals surface area contributed by atoms with Crippen molar-refractivity contribution in [3.63, 3.8) is 0 Å². The lowest BCUT2D eigenvalue weighted by Gasteiger charge is -2.11. The van der Waals surface area contributed by atoms with Crippen LogP contribution in [0.3, 0.4) is 0 Å². The molecule has 0 aliphatic rings. The van der Waals surface area contributed by atoms with Gasteiger partial charge < -0.3 is 10.6 Å². The molecule has 0 aliphatic heterocycles. The van der Waals surface area contributed by atoms with Crippen LogP contribution in [0.25, 0.3) is 0 Å². The maximum absolute atomic E-state index is 12.0. The molecule has 3 N–H and O–H groups in total. The fraction of sp³-hybridized carbons (Fsp3) is 0.500. The lowest BCUT2D eigenvalue weighted by molar-refractivity contribution is 0.0956. The number of nitrogens with zero attached hydrogens (tertiary/aromatic N) is 1. The second kappa shape index (κ2) is 7.20. The molecule has 1 aromatic heterocycles. The van der Waals surface area contributed by atoms with Gasteiger partial charge in [-0.1, -0.05) is 0 Å². The smallest absolute Gasteiger partial charge is 0.254 e. The normalized spacial score (nSPS) is 11.2. The molecule has 0 atom stereocenters. The van der Waals surface area contributed by atoms with Gasteiger partial charge in [0.2, 0.25) is 10.0 Å². The van der Waals surface area contributed by atoms with E-state index in [0.29, 0.717) is 17.8 Å². The summed E-state index contributed by atoms with van der Waals surface area (Å²) in [5.41, 5.74) is 1.89. The van der Waals surface area contributed by atoms with Crippen LogP contribution in [0.1, 0.15) is 23.0 Å². The third kappa shape index (κ3) is 4.78. The zero-order valence-corrected chi connectivity index (χ0v) is 12.7. The summed E-state index contributed by atoms with van der Waals surface area (Å²) in [5, 5.41) is 5.65. The van der Waals surface area contributed by atoms with Crippen molar-refractivity contribution in [3.8, 4) is 0 Å². The summed E-state index contributed by atoms with van der Waals surface area (Å²) in [7, 11) is -1.98. The summed E-state index contributed by atoms with van der Waals surface area (Å²) in [6.45, 7) is 4.48. The first-order chi connectivity index (χ1) is 9.39. The molecule has 1 aromatic rings. The van der Waals surface area contributed by atoms with Crippen LogP contribution in [-0.4, -0.2) is 45.2 Å². The Morgan fingerprint density at radius 1 is 1.40 bits per heavy atom. The summed E-state index contributed by atoms with van der Waals surface area (Å²) in [5.74, 6) is -0.509. The zero-order chi connectivity index (χ0) is 15.2. The molecule has 8 heteroatoms. The lowest BCUT2D eigenvalue weighted by Crippen LogP contribution is -2.33. The number of carbonyl (C=O) groups is 1. The van der Waals surface area contributed by atoms with E-state index in [1.54, 1.807) is 6.07 Å². The van der Waals surface area contributed by atoms with Crippen LogP contribution in [0.15, 0.2) is 12.3 Å². The first-order valence-corrected chi connectivity index (χ1v) is 7.94. The Hall–Kier alpha value is -1.67. The number of anilines is 1. The molecular weight excluding hydrogens is 280 g/mol. The largest absolute Gasteiger partial charge is 0.385 e. The maximum Gasteiger partial charge on any atom is 0.254 e. The molecule has 0 aliphatic carbocycles. The topological polar surface area (TPSA) is 100 Å². The van der Waals surface area contributed by atoms with Crippen molar-refractivity contribution in [1.29, 1.82) is 0 Å². The first kappa shape index (κ1) is 16.4. The van der Waals surface area contributed by atoms with Gasteiger partial charge >= 0.3 is 0 Å². The van der Waals surface area contributed by atoms with E-state index >= 15 is 0 Å². The van der Waals surface area contributed by atoms with Gasteiger partial charge in [-0.05, 0) is 27.0 Å². The van der Waals surface area contributed by atoms with E-state index in [9.17, 15) is 13.2 Å². The van der Waals surface area contributed by atoms with Gasteiger partial charge in [-0.15, -0.1) is 0 Å². The second-order valence-electron chi connectivity index (χ2n) is 4.18. The fourth-order valence-corrected chi connectivity index (χ4v) is 2.15. The Bertz CT molecular complexity index is 572. The van der Waals surface area contributed by atoms with Gasteiger partial charge in [0.25, 0.3) is 5.91 Å². The average Bonchev–Trinajstić information content (AvgIpc) is 2.39. The fourth-order valence-electron chi connectivity index (χ4n) is 1.57. The van der Waals surface area contributed by atoms with Gasteiger partial charge in [0.05, 0.1) is 17.0 Å². The van der Waals surface area contributed by atoms with Crippen LogP contribution in [0.2, 0.25) is 0 Å². The molecule has 0 aromatic carbocycles. The maximum atomic E-state index is 12.0. The third-order valence-electron chi connectivity index (χ3n) is 2.62. The number of hydrogen-bond acceptors (Lipinski definition) is 5. The highest BCUT2D eigenvalue weighted by Crippen LogP contribution is 2.15. The Morgan fingerprint density at radius 3 is 2.70 bits per heavy atom. The molecule has 0 unspecified atom stereocenters. The van der Waals surface area contributed by atoms with Gasteiger partial charge in [0.15, 0.2) is 0 Å². The highest BCUT2D eigenvalue weighted by Gasteiger charge is 2.13. The number of sulfonamides is 1. The Balaban J connectivity index is 2.72. The first-order valence-electron chi connectivity index (χ1n) is 6.29.